The number of carboxylic acid groups (broad SMARTS) is 1. The molecule has 0 aliphatic rings. The van der Waals surface area contributed by atoms with Crippen molar-refractivity contribution >= 4 is 17.0 Å². The minimum absolute atomic E-state index is 0.279. The molecule has 0 aliphatic carbocycles. The maximum absolute atomic E-state index is 12.0. The number of benzene rings is 1. The minimum Gasteiger partial charge on any atom is -0.477 e. The molecule has 0 aliphatic heterocycles. The Balaban J connectivity index is 2.09. The second kappa shape index (κ2) is 4.65. The molecule has 0 saturated carbocycles. The molecule has 2 heterocycles. The largest absolute Gasteiger partial charge is 0.477 e. The van der Waals surface area contributed by atoms with Gasteiger partial charge in [0.15, 0.2) is 0 Å². The van der Waals surface area contributed by atoms with E-state index < -0.39 is 11.4 Å². The first-order valence-electron chi connectivity index (χ1n) is 6.01. The maximum Gasteiger partial charge on any atom is 0.341 e. The number of H-pyrrole nitrogens is 1. The Morgan fingerprint density at radius 2 is 2.05 bits per heavy atom. The van der Waals surface area contributed by atoms with Crippen molar-refractivity contribution < 1.29 is 9.90 Å². The van der Waals surface area contributed by atoms with Gasteiger partial charge in [0.2, 0.25) is 5.43 Å². The average Bonchev–Trinajstić information content (AvgIpc) is 2.84. The lowest BCUT2D eigenvalue weighted by Crippen LogP contribution is -2.15. The zero-order chi connectivity index (χ0) is 14.1. The molecular weight excluding hydrogens is 258 g/mol. The Labute approximate surface area is 113 Å². The molecule has 20 heavy (non-hydrogen) atoms. The van der Waals surface area contributed by atoms with E-state index in [0.29, 0.717) is 12.2 Å². The lowest BCUT2D eigenvalue weighted by atomic mass is 10.2. The lowest BCUT2D eigenvalue weighted by Gasteiger charge is -2.03. The van der Waals surface area contributed by atoms with Gasteiger partial charge in [-0.3, -0.25) is 4.79 Å². The van der Waals surface area contributed by atoms with Crippen molar-refractivity contribution in [3.05, 3.63) is 64.1 Å². The predicted molar refractivity (Wildman–Crippen MR) is 72.9 cm³/mol. The standard InChI is InChI=1S/C14H11N3O3/c18-12-10-7-16-17(8-9-4-2-1-3-5-9)13(10)15-6-11(12)14(19)20/h1-7H,8H2,(H,15,18)(H,19,20). The second-order valence-electron chi connectivity index (χ2n) is 4.39. The molecule has 0 atom stereocenters. The van der Waals surface area contributed by atoms with Gasteiger partial charge in [0.05, 0.1) is 18.1 Å². The Kier molecular flexibility index (Phi) is 2.83. The number of carbonyl (C=O) groups is 1. The molecule has 0 radical (unpaired) electrons. The fraction of sp³-hybridized carbons (Fsp3) is 0.0714. The van der Waals surface area contributed by atoms with Crippen LogP contribution in [-0.2, 0) is 6.54 Å². The fourth-order valence-electron chi connectivity index (χ4n) is 2.09. The molecule has 0 unspecified atom stereocenters. The summed E-state index contributed by atoms with van der Waals surface area (Å²) in [6, 6.07) is 9.68. The van der Waals surface area contributed by atoms with Crippen molar-refractivity contribution in [2.75, 3.05) is 0 Å². The number of pyridine rings is 1. The third-order valence-corrected chi connectivity index (χ3v) is 3.09. The van der Waals surface area contributed by atoms with E-state index >= 15 is 0 Å². The van der Waals surface area contributed by atoms with Gasteiger partial charge in [-0.15, -0.1) is 0 Å². The molecule has 0 amide bonds. The first-order valence-corrected chi connectivity index (χ1v) is 6.01. The molecule has 6 nitrogen and oxygen atoms in total. The lowest BCUT2D eigenvalue weighted by molar-refractivity contribution is 0.0695. The van der Waals surface area contributed by atoms with E-state index in [4.69, 9.17) is 5.11 Å². The van der Waals surface area contributed by atoms with Crippen molar-refractivity contribution in [2.24, 2.45) is 0 Å². The summed E-state index contributed by atoms with van der Waals surface area (Å²) in [5.74, 6) is -1.25. The summed E-state index contributed by atoms with van der Waals surface area (Å²) in [6.45, 7) is 0.507. The minimum atomic E-state index is -1.25. The summed E-state index contributed by atoms with van der Waals surface area (Å²) >= 11 is 0. The van der Waals surface area contributed by atoms with Crippen molar-refractivity contribution in [1.82, 2.24) is 14.8 Å². The Hall–Kier alpha value is -2.89. The van der Waals surface area contributed by atoms with Gasteiger partial charge in [0.25, 0.3) is 0 Å². The van der Waals surface area contributed by atoms with E-state index in [1.165, 1.54) is 12.4 Å². The predicted octanol–water partition coefficient (Wildman–Crippen LogP) is 1.47. The number of fused-ring (bicyclic) bond motifs is 1. The number of rotatable bonds is 3. The van der Waals surface area contributed by atoms with Crippen LogP contribution in [0.1, 0.15) is 15.9 Å². The topological polar surface area (TPSA) is 88.0 Å². The van der Waals surface area contributed by atoms with Crippen molar-refractivity contribution in [2.45, 2.75) is 6.54 Å². The van der Waals surface area contributed by atoms with E-state index in [1.807, 2.05) is 30.3 Å². The highest BCUT2D eigenvalue weighted by molar-refractivity contribution is 5.91. The van der Waals surface area contributed by atoms with Gasteiger partial charge in [-0.2, -0.15) is 5.10 Å². The van der Waals surface area contributed by atoms with E-state index in [-0.39, 0.29) is 10.9 Å². The van der Waals surface area contributed by atoms with Crippen LogP contribution in [0.4, 0.5) is 0 Å². The van der Waals surface area contributed by atoms with E-state index in [2.05, 4.69) is 10.1 Å². The van der Waals surface area contributed by atoms with Crippen LogP contribution in [-0.4, -0.2) is 25.8 Å². The van der Waals surface area contributed by atoms with Gasteiger partial charge in [-0.05, 0) is 5.56 Å². The van der Waals surface area contributed by atoms with Crippen molar-refractivity contribution in [3.8, 4) is 0 Å². The summed E-state index contributed by atoms with van der Waals surface area (Å²) in [6.07, 6.45) is 2.60. The van der Waals surface area contributed by atoms with Crippen LogP contribution in [0, 0.1) is 0 Å². The van der Waals surface area contributed by atoms with Crippen LogP contribution in [0.25, 0.3) is 11.0 Å². The molecule has 0 fully saturated rings. The second-order valence-corrected chi connectivity index (χ2v) is 4.39. The van der Waals surface area contributed by atoms with Crippen LogP contribution in [0.15, 0.2) is 47.5 Å². The van der Waals surface area contributed by atoms with E-state index in [0.717, 1.165) is 5.56 Å². The van der Waals surface area contributed by atoms with Gasteiger partial charge < -0.3 is 10.1 Å². The van der Waals surface area contributed by atoms with Crippen LogP contribution in [0.2, 0.25) is 0 Å². The summed E-state index contributed by atoms with van der Waals surface area (Å²) in [5, 5.41) is 13.3. The highest BCUT2D eigenvalue weighted by atomic mass is 16.4. The third kappa shape index (κ3) is 1.97. The number of nitrogens with zero attached hydrogens (tertiary/aromatic N) is 2. The number of carboxylic acids is 1. The molecule has 6 heteroatoms. The van der Waals surface area contributed by atoms with E-state index in [9.17, 15) is 9.59 Å². The number of hydrogen-bond acceptors (Lipinski definition) is 3. The molecule has 2 N–H and O–H groups in total. The van der Waals surface area contributed by atoms with Crippen molar-refractivity contribution in [3.63, 3.8) is 0 Å². The molecular formula is C14H11N3O3. The summed E-state index contributed by atoms with van der Waals surface area (Å²) in [5.41, 5.74) is 0.756. The third-order valence-electron chi connectivity index (χ3n) is 3.09. The maximum atomic E-state index is 12.0. The fourth-order valence-corrected chi connectivity index (χ4v) is 2.09. The Morgan fingerprint density at radius 3 is 2.75 bits per heavy atom. The monoisotopic (exact) mass is 269 g/mol. The smallest absolute Gasteiger partial charge is 0.341 e. The van der Waals surface area contributed by atoms with Crippen LogP contribution in [0.5, 0.6) is 0 Å². The SMILES string of the molecule is O=C(O)c1c[nH]c2c(cnn2Cc2ccccc2)c1=O. The first-order chi connectivity index (χ1) is 9.66. The van der Waals surface area contributed by atoms with Crippen LogP contribution >= 0.6 is 0 Å². The van der Waals surface area contributed by atoms with Crippen LogP contribution in [0.3, 0.4) is 0 Å². The molecule has 100 valence electrons. The van der Waals surface area contributed by atoms with Crippen molar-refractivity contribution in [1.29, 1.82) is 0 Å². The van der Waals surface area contributed by atoms with Crippen LogP contribution < -0.4 is 5.43 Å². The molecule has 0 bridgehead atoms. The molecule has 2 aromatic heterocycles. The number of hydrogen-bond donors (Lipinski definition) is 2. The quantitative estimate of drug-likeness (QED) is 0.753. The zero-order valence-corrected chi connectivity index (χ0v) is 10.4. The van der Waals surface area contributed by atoms with Gasteiger partial charge in [0.1, 0.15) is 11.2 Å². The molecule has 1 aromatic carbocycles. The number of aromatic nitrogens is 3. The summed E-state index contributed by atoms with van der Waals surface area (Å²) < 4.78 is 1.64. The molecule has 3 aromatic rings. The number of nitrogens with one attached hydrogen (secondary N) is 1. The highest BCUT2D eigenvalue weighted by Gasteiger charge is 2.14. The molecule has 3 rings (SSSR count). The highest BCUT2D eigenvalue weighted by Crippen LogP contribution is 2.10. The zero-order valence-electron chi connectivity index (χ0n) is 10.4. The Morgan fingerprint density at radius 1 is 1.30 bits per heavy atom. The molecule has 0 spiro atoms. The summed E-state index contributed by atoms with van der Waals surface area (Å²) in [4.78, 5) is 25.7. The van der Waals surface area contributed by atoms with Gasteiger partial charge in [-0.1, -0.05) is 30.3 Å². The van der Waals surface area contributed by atoms with Gasteiger partial charge in [-0.25, -0.2) is 9.48 Å². The van der Waals surface area contributed by atoms with Gasteiger partial charge in [0, 0.05) is 6.20 Å². The Bertz CT molecular complexity index is 834. The van der Waals surface area contributed by atoms with E-state index in [1.54, 1.807) is 4.68 Å². The normalized spacial score (nSPS) is 10.8. The average molecular weight is 269 g/mol. The van der Waals surface area contributed by atoms with Gasteiger partial charge >= 0.3 is 5.97 Å². The summed E-state index contributed by atoms with van der Waals surface area (Å²) in [7, 11) is 0. The number of aromatic carboxylic acids is 1. The first kappa shape index (κ1) is 12.2. The molecule has 0 saturated heterocycles. The number of aromatic amines is 1.